The predicted molar refractivity (Wildman–Crippen MR) is 126 cm³/mol. The molecule has 2 aliphatic rings. The van der Waals surface area contributed by atoms with Crippen molar-refractivity contribution in [3.63, 3.8) is 0 Å². The standard InChI is InChI=1S/C24H31F2N5O4/c1-13(2)12-30-21-17(7-8-18(32)29-10-9-24(25,26)11-14(29)3)15(4)28-31(21)23(35)19(22(30)34)20(33)27-16-5-6-16/h7-8,13-14,16,34H,5-6,9-12H2,1-4H3,(H,27,33)/b8-7+. The number of likely N-dealkylation sites (tertiary alicyclic amines) is 1. The maximum absolute atomic E-state index is 13.7. The third-order valence-corrected chi connectivity index (χ3v) is 6.43. The van der Waals surface area contributed by atoms with Gasteiger partial charge in [0, 0.05) is 49.7 Å². The van der Waals surface area contributed by atoms with E-state index in [9.17, 15) is 28.3 Å². The number of fused-ring (bicyclic) bond motifs is 1. The molecule has 0 aromatic carbocycles. The predicted octanol–water partition coefficient (Wildman–Crippen LogP) is 2.72. The Morgan fingerprint density at radius 1 is 1.31 bits per heavy atom. The van der Waals surface area contributed by atoms with E-state index < -0.39 is 41.6 Å². The molecule has 2 aromatic heterocycles. The highest BCUT2D eigenvalue weighted by Gasteiger charge is 2.39. The number of halogens is 2. The first kappa shape index (κ1) is 24.9. The van der Waals surface area contributed by atoms with E-state index >= 15 is 0 Å². The van der Waals surface area contributed by atoms with Gasteiger partial charge in [-0.25, -0.2) is 8.78 Å². The van der Waals surface area contributed by atoms with Crippen LogP contribution >= 0.6 is 0 Å². The van der Waals surface area contributed by atoms with Gasteiger partial charge >= 0.3 is 0 Å². The van der Waals surface area contributed by atoms with Crippen LogP contribution in [-0.4, -0.2) is 60.6 Å². The summed E-state index contributed by atoms with van der Waals surface area (Å²) < 4.78 is 29.9. The Kier molecular flexibility index (Phi) is 6.46. The first-order chi connectivity index (χ1) is 16.4. The smallest absolute Gasteiger partial charge is 0.291 e. The van der Waals surface area contributed by atoms with Crippen molar-refractivity contribution in [2.45, 2.75) is 77.9 Å². The highest BCUT2D eigenvalue weighted by atomic mass is 19.3. The molecule has 2 amide bonds. The Labute approximate surface area is 201 Å². The van der Waals surface area contributed by atoms with Crippen LogP contribution in [0.25, 0.3) is 11.7 Å². The highest BCUT2D eigenvalue weighted by molar-refractivity contribution is 5.97. The molecule has 1 saturated heterocycles. The van der Waals surface area contributed by atoms with Crippen LogP contribution in [0.1, 0.15) is 68.1 Å². The fourth-order valence-electron chi connectivity index (χ4n) is 4.51. The molecule has 1 atom stereocenters. The van der Waals surface area contributed by atoms with Gasteiger partial charge in [0.2, 0.25) is 11.8 Å². The second-order valence-electron chi connectivity index (χ2n) is 10.0. The van der Waals surface area contributed by atoms with Crippen molar-refractivity contribution in [3.8, 4) is 5.88 Å². The topological polar surface area (TPSA) is 109 Å². The number of aromatic hydroxyl groups is 1. The van der Waals surface area contributed by atoms with Crippen molar-refractivity contribution in [2.24, 2.45) is 5.92 Å². The average Bonchev–Trinajstić information content (AvgIpc) is 3.49. The number of aromatic nitrogens is 3. The van der Waals surface area contributed by atoms with Gasteiger partial charge in [-0.3, -0.25) is 19.0 Å². The number of carbonyl (C=O) groups is 2. The highest BCUT2D eigenvalue weighted by Crippen LogP contribution is 2.32. The van der Waals surface area contributed by atoms with Gasteiger partial charge in [0.25, 0.3) is 17.4 Å². The summed E-state index contributed by atoms with van der Waals surface area (Å²) in [6.45, 7) is 7.33. The molecule has 0 spiro atoms. The van der Waals surface area contributed by atoms with Gasteiger partial charge in [0.05, 0.1) is 5.69 Å². The van der Waals surface area contributed by atoms with E-state index in [-0.39, 0.29) is 42.7 Å². The summed E-state index contributed by atoms with van der Waals surface area (Å²) in [6.07, 6.45) is 3.63. The molecule has 190 valence electrons. The number of rotatable bonds is 6. The monoisotopic (exact) mass is 491 g/mol. The molecular weight excluding hydrogens is 460 g/mol. The fraction of sp³-hybridized carbons (Fsp3) is 0.583. The van der Waals surface area contributed by atoms with E-state index in [4.69, 9.17) is 0 Å². The van der Waals surface area contributed by atoms with E-state index in [0.717, 1.165) is 17.4 Å². The van der Waals surface area contributed by atoms with E-state index in [2.05, 4.69) is 10.4 Å². The van der Waals surface area contributed by atoms with Crippen LogP contribution < -0.4 is 10.9 Å². The molecule has 2 aromatic rings. The molecular formula is C24H31F2N5O4. The van der Waals surface area contributed by atoms with E-state index in [0.29, 0.717) is 11.3 Å². The minimum atomic E-state index is -2.78. The fourth-order valence-corrected chi connectivity index (χ4v) is 4.51. The lowest BCUT2D eigenvalue weighted by Gasteiger charge is -2.36. The van der Waals surface area contributed by atoms with Gasteiger partial charge in [-0.1, -0.05) is 13.8 Å². The molecule has 2 fully saturated rings. The van der Waals surface area contributed by atoms with Gasteiger partial charge in [0.15, 0.2) is 5.56 Å². The number of carbonyl (C=O) groups excluding carboxylic acids is 2. The van der Waals surface area contributed by atoms with Crippen molar-refractivity contribution in [1.29, 1.82) is 0 Å². The Morgan fingerprint density at radius 2 is 2.00 bits per heavy atom. The van der Waals surface area contributed by atoms with Gasteiger partial charge in [0.1, 0.15) is 5.65 Å². The molecule has 1 unspecified atom stereocenters. The summed E-state index contributed by atoms with van der Waals surface area (Å²) in [5.41, 5.74) is -0.0284. The second-order valence-corrected chi connectivity index (χ2v) is 10.0. The maximum Gasteiger partial charge on any atom is 0.291 e. The van der Waals surface area contributed by atoms with Crippen LogP contribution in [0.2, 0.25) is 0 Å². The van der Waals surface area contributed by atoms with Crippen LogP contribution in [-0.2, 0) is 11.3 Å². The maximum atomic E-state index is 13.7. The molecule has 1 aliphatic carbocycles. The largest absolute Gasteiger partial charge is 0.494 e. The summed E-state index contributed by atoms with van der Waals surface area (Å²) in [5.74, 6) is -4.26. The Balaban J connectivity index is 1.76. The molecule has 9 nitrogen and oxygen atoms in total. The number of piperidine rings is 1. The number of nitrogens with zero attached hydrogens (tertiary/aromatic N) is 4. The minimum Gasteiger partial charge on any atom is -0.494 e. The molecule has 1 aliphatic heterocycles. The SMILES string of the molecule is Cc1nn2c(=O)c(C(=O)NC3CC3)c(O)n(CC(C)C)c2c1/C=C/C(=O)N1CCC(F)(F)CC1C. The zero-order valence-corrected chi connectivity index (χ0v) is 20.3. The zero-order valence-electron chi connectivity index (χ0n) is 20.3. The summed E-state index contributed by atoms with van der Waals surface area (Å²) in [5, 5.41) is 18.0. The van der Waals surface area contributed by atoms with Crippen molar-refractivity contribution in [1.82, 2.24) is 24.4 Å². The molecule has 11 heteroatoms. The van der Waals surface area contributed by atoms with Crippen LogP contribution in [0.3, 0.4) is 0 Å². The van der Waals surface area contributed by atoms with Gasteiger partial charge in [-0.15, -0.1) is 0 Å². The molecule has 3 heterocycles. The van der Waals surface area contributed by atoms with E-state index in [1.807, 2.05) is 13.8 Å². The minimum absolute atomic E-state index is 0.00320. The van der Waals surface area contributed by atoms with Crippen molar-refractivity contribution >= 4 is 23.5 Å². The molecule has 4 rings (SSSR count). The lowest BCUT2D eigenvalue weighted by Crippen LogP contribution is -2.47. The summed E-state index contributed by atoms with van der Waals surface area (Å²) in [4.78, 5) is 40.1. The van der Waals surface area contributed by atoms with Crippen LogP contribution in [0.15, 0.2) is 10.9 Å². The van der Waals surface area contributed by atoms with Crippen molar-refractivity contribution < 1.29 is 23.5 Å². The van der Waals surface area contributed by atoms with E-state index in [1.165, 1.54) is 21.6 Å². The number of hydrogen-bond donors (Lipinski definition) is 2. The average molecular weight is 492 g/mol. The third kappa shape index (κ3) is 4.94. The van der Waals surface area contributed by atoms with Crippen molar-refractivity contribution in [3.05, 3.63) is 33.3 Å². The lowest BCUT2D eigenvalue weighted by molar-refractivity contribution is -0.136. The summed E-state index contributed by atoms with van der Waals surface area (Å²) in [7, 11) is 0. The number of alkyl halides is 2. The summed E-state index contributed by atoms with van der Waals surface area (Å²) >= 11 is 0. The van der Waals surface area contributed by atoms with E-state index in [1.54, 1.807) is 13.8 Å². The number of aryl methyl sites for hydroxylation is 1. The Bertz CT molecular complexity index is 1260. The van der Waals surface area contributed by atoms with Crippen LogP contribution in [0.4, 0.5) is 8.78 Å². The quantitative estimate of drug-likeness (QED) is 0.604. The normalized spacial score (nSPS) is 20.2. The zero-order chi connectivity index (χ0) is 25.7. The van der Waals surface area contributed by atoms with Crippen molar-refractivity contribution in [2.75, 3.05) is 6.54 Å². The molecule has 0 radical (unpaired) electrons. The molecule has 35 heavy (non-hydrogen) atoms. The molecule has 0 bridgehead atoms. The molecule has 1 saturated carbocycles. The first-order valence-corrected chi connectivity index (χ1v) is 11.9. The van der Waals surface area contributed by atoms with Gasteiger partial charge < -0.3 is 15.3 Å². The number of amides is 2. The molecule has 2 N–H and O–H groups in total. The van der Waals surface area contributed by atoms with Gasteiger partial charge in [-0.05, 0) is 38.7 Å². The Morgan fingerprint density at radius 3 is 2.60 bits per heavy atom. The summed E-state index contributed by atoms with van der Waals surface area (Å²) in [6, 6.07) is -0.617. The lowest BCUT2D eigenvalue weighted by atomic mass is 9.99. The Hall–Kier alpha value is -3.24. The third-order valence-electron chi connectivity index (χ3n) is 6.43. The van der Waals surface area contributed by atoms with Crippen LogP contribution in [0.5, 0.6) is 5.88 Å². The van der Waals surface area contributed by atoms with Gasteiger partial charge in [-0.2, -0.15) is 9.61 Å². The van der Waals surface area contributed by atoms with Crippen LogP contribution in [0, 0.1) is 12.8 Å². The number of nitrogens with one attached hydrogen (secondary N) is 1. The number of hydrogen-bond acceptors (Lipinski definition) is 5. The second kappa shape index (κ2) is 9.09. The first-order valence-electron chi connectivity index (χ1n) is 11.9.